The van der Waals surface area contributed by atoms with Gasteiger partial charge in [0.15, 0.2) is 0 Å². The van der Waals surface area contributed by atoms with E-state index in [9.17, 15) is 4.79 Å². The highest BCUT2D eigenvalue weighted by Gasteiger charge is 2.21. The predicted octanol–water partition coefficient (Wildman–Crippen LogP) is 3.74. The zero-order chi connectivity index (χ0) is 18.0. The molecule has 1 amide bonds. The van der Waals surface area contributed by atoms with Gasteiger partial charge in [-0.2, -0.15) is 11.8 Å². The topological polar surface area (TPSA) is 62.7 Å². The van der Waals surface area contributed by atoms with Gasteiger partial charge in [-0.25, -0.2) is 4.98 Å². The molecule has 0 spiro atoms. The van der Waals surface area contributed by atoms with E-state index in [-0.39, 0.29) is 11.9 Å². The van der Waals surface area contributed by atoms with Crippen LogP contribution in [0.5, 0.6) is 0 Å². The summed E-state index contributed by atoms with van der Waals surface area (Å²) in [5.41, 5.74) is 4.70. The number of rotatable bonds is 6. The van der Waals surface area contributed by atoms with Crippen LogP contribution in [-0.2, 0) is 7.05 Å². The Morgan fingerprint density at radius 1 is 1.36 bits per heavy atom. The van der Waals surface area contributed by atoms with Crippen LogP contribution in [0.2, 0.25) is 0 Å². The molecule has 0 fully saturated rings. The molecule has 0 saturated carbocycles. The van der Waals surface area contributed by atoms with E-state index in [1.807, 2.05) is 55.8 Å². The molecule has 0 aliphatic carbocycles. The summed E-state index contributed by atoms with van der Waals surface area (Å²) in [6.45, 7) is 3.98. The molecule has 1 aromatic carbocycles. The number of hydrogen-bond donors (Lipinski definition) is 2. The number of aromatic nitrogens is 3. The molecule has 2 heterocycles. The monoisotopic (exact) mass is 356 g/mol. The number of carbonyl (C=O) groups excluding carboxylic acids is 1. The third-order valence-corrected chi connectivity index (χ3v) is 5.32. The van der Waals surface area contributed by atoms with Gasteiger partial charge in [-0.15, -0.1) is 0 Å². The number of hydrogen-bond acceptors (Lipinski definition) is 3. The molecule has 0 unspecified atom stereocenters. The molecule has 0 saturated heterocycles. The number of aryl methyl sites for hydroxylation is 1. The molecule has 0 aliphatic rings. The van der Waals surface area contributed by atoms with E-state index in [0.29, 0.717) is 0 Å². The zero-order valence-corrected chi connectivity index (χ0v) is 15.9. The number of fused-ring (bicyclic) bond motifs is 1. The highest BCUT2D eigenvalue weighted by Crippen LogP contribution is 2.21. The molecule has 6 heteroatoms. The van der Waals surface area contributed by atoms with Crippen LogP contribution in [0.15, 0.2) is 30.3 Å². The van der Waals surface area contributed by atoms with Gasteiger partial charge in [-0.1, -0.05) is 12.1 Å². The number of imidazole rings is 1. The van der Waals surface area contributed by atoms with E-state index in [0.717, 1.165) is 46.0 Å². The Morgan fingerprint density at radius 2 is 2.12 bits per heavy atom. The molecule has 3 rings (SSSR count). The quantitative estimate of drug-likeness (QED) is 0.707. The summed E-state index contributed by atoms with van der Waals surface area (Å²) in [5, 5.41) is 3.17. The van der Waals surface area contributed by atoms with Crippen LogP contribution in [0.25, 0.3) is 11.0 Å². The second-order valence-corrected chi connectivity index (χ2v) is 7.28. The number of benzene rings is 1. The van der Waals surface area contributed by atoms with Gasteiger partial charge in [-0.3, -0.25) is 4.79 Å². The summed E-state index contributed by atoms with van der Waals surface area (Å²) in [4.78, 5) is 20.8. The van der Waals surface area contributed by atoms with Crippen molar-refractivity contribution >= 4 is 28.7 Å². The SMILES string of the molecule is CSCC[C@H](NC(=O)c1cc(C)n(C)c1C)c1nc2ccccc2[nH]1. The summed E-state index contributed by atoms with van der Waals surface area (Å²) in [7, 11) is 1.98. The Labute approximate surface area is 152 Å². The van der Waals surface area contributed by atoms with Crippen LogP contribution in [0.4, 0.5) is 0 Å². The van der Waals surface area contributed by atoms with Gasteiger partial charge >= 0.3 is 0 Å². The molecule has 132 valence electrons. The molecule has 0 aliphatic heterocycles. The first-order valence-electron chi connectivity index (χ1n) is 8.38. The number of nitrogens with one attached hydrogen (secondary N) is 2. The fraction of sp³-hybridized carbons (Fsp3) is 0.368. The number of amides is 1. The Kier molecular flexibility index (Phi) is 5.18. The fourth-order valence-electron chi connectivity index (χ4n) is 2.97. The van der Waals surface area contributed by atoms with E-state index in [1.54, 1.807) is 11.8 Å². The number of carbonyl (C=O) groups is 1. The van der Waals surface area contributed by atoms with Gasteiger partial charge in [0.05, 0.1) is 22.6 Å². The van der Waals surface area contributed by atoms with Crippen molar-refractivity contribution in [3.05, 3.63) is 53.1 Å². The molecule has 2 aromatic heterocycles. The summed E-state index contributed by atoms with van der Waals surface area (Å²) >= 11 is 1.77. The van der Waals surface area contributed by atoms with Crippen LogP contribution < -0.4 is 5.32 Å². The van der Waals surface area contributed by atoms with Crippen molar-refractivity contribution in [2.45, 2.75) is 26.3 Å². The Hall–Kier alpha value is -2.21. The normalized spacial score (nSPS) is 12.5. The Balaban J connectivity index is 1.87. The van der Waals surface area contributed by atoms with Crippen LogP contribution in [-0.4, -0.2) is 32.5 Å². The molecule has 0 bridgehead atoms. The lowest BCUT2D eigenvalue weighted by atomic mass is 10.1. The van der Waals surface area contributed by atoms with Crippen LogP contribution in [0, 0.1) is 13.8 Å². The smallest absolute Gasteiger partial charge is 0.253 e. The second-order valence-electron chi connectivity index (χ2n) is 6.29. The number of para-hydroxylation sites is 2. The minimum Gasteiger partial charge on any atom is -0.351 e. The van der Waals surface area contributed by atoms with E-state index >= 15 is 0 Å². The molecular formula is C19H24N4OS. The average molecular weight is 356 g/mol. The van der Waals surface area contributed by atoms with E-state index in [2.05, 4.69) is 21.5 Å². The van der Waals surface area contributed by atoms with Crippen molar-refractivity contribution in [1.82, 2.24) is 19.9 Å². The second kappa shape index (κ2) is 7.35. The summed E-state index contributed by atoms with van der Waals surface area (Å²) in [6, 6.07) is 9.74. The molecule has 3 aromatic rings. The maximum atomic E-state index is 12.8. The molecule has 25 heavy (non-hydrogen) atoms. The number of H-pyrrole nitrogens is 1. The minimum absolute atomic E-state index is 0.0484. The lowest BCUT2D eigenvalue weighted by Crippen LogP contribution is -2.30. The van der Waals surface area contributed by atoms with Crippen molar-refractivity contribution in [3.63, 3.8) is 0 Å². The van der Waals surface area contributed by atoms with Gasteiger partial charge in [0.25, 0.3) is 5.91 Å². The van der Waals surface area contributed by atoms with E-state index in [4.69, 9.17) is 0 Å². The van der Waals surface area contributed by atoms with Crippen molar-refractivity contribution in [2.24, 2.45) is 7.05 Å². The van der Waals surface area contributed by atoms with E-state index < -0.39 is 0 Å². The molecule has 5 nitrogen and oxygen atoms in total. The first kappa shape index (κ1) is 17.6. The van der Waals surface area contributed by atoms with Crippen molar-refractivity contribution < 1.29 is 4.79 Å². The Bertz CT molecular complexity index is 863. The molecular weight excluding hydrogens is 332 g/mol. The highest BCUT2D eigenvalue weighted by molar-refractivity contribution is 7.98. The average Bonchev–Trinajstić information content (AvgIpc) is 3.15. The van der Waals surface area contributed by atoms with E-state index in [1.165, 1.54) is 0 Å². The first-order chi connectivity index (χ1) is 12.0. The molecule has 0 radical (unpaired) electrons. The molecule has 1 atom stereocenters. The maximum Gasteiger partial charge on any atom is 0.253 e. The van der Waals surface area contributed by atoms with Crippen LogP contribution in [0.1, 0.15) is 40.0 Å². The Morgan fingerprint density at radius 3 is 2.76 bits per heavy atom. The summed E-state index contributed by atoms with van der Waals surface area (Å²) in [5.74, 6) is 1.72. The standard InChI is InChI=1S/C19H24N4OS/c1-12-11-14(13(2)23(12)3)19(24)22-17(9-10-25-4)18-20-15-7-5-6-8-16(15)21-18/h5-8,11,17H,9-10H2,1-4H3,(H,20,21)(H,22,24)/t17-/m0/s1. The van der Waals surface area contributed by atoms with Crippen molar-refractivity contribution in [1.29, 1.82) is 0 Å². The highest BCUT2D eigenvalue weighted by atomic mass is 32.2. The summed E-state index contributed by atoms with van der Waals surface area (Å²) in [6.07, 6.45) is 2.90. The van der Waals surface area contributed by atoms with Gasteiger partial charge in [-0.05, 0) is 50.5 Å². The third-order valence-electron chi connectivity index (χ3n) is 4.67. The zero-order valence-electron chi connectivity index (χ0n) is 15.1. The number of thioether (sulfide) groups is 1. The van der Waals surface area contributed by atoms with Gasteiger partial charge in [0.1, 0.15) is 5.82 Å². The lowest BCUT2D eigenvalue weighted by molar-refractivity contribution is 0.0933. The number of nitrogens with zero attached hydrogens (tertiary/aromatic N) is 2. The predicted molar refractivity (Wildman–Crippen MR) is 104 cm³/mol. The third kappa shape index (κ3) is 3.58. The number of aromatic amines is 1. The first-order valence-corrected chi connectivity index (χ1v) is 9.78. The largest absolute Gasteiger partial charge is 0.351 e. The fourth-order valence-corrected chi connectivity index (χ4v) is 3.44. The van der Waals surface area contributed by atoms with Gasteiger partial charge in [0, 0.05) is 18.4 Å². The van der Waals surface area contributed by atoms with Crippen molar-refractivity contribution in [2.75, 3.05) is 12.0 Å². The summed E-state index contributed by atoms with van der Waals surface area (Å²) < 4.78 is 2.03. The lowest BCUT2D eigenvalue weighted by Gasteiger charge is -2.16. The van der Waals surface area contributed by atoms with Crippen molar-refractivity contribution in [3.8, 4) is 0 Å². The van der Waals surface area contributed by atoms with Crippen LogP contribution in [0.3, 0.4) is 0 Å². The minimum atomic E-state index is -0.132. The molecule has 2 N–H and O–H groups in total. The maximum absolute atomic E-state index is 12.8. The van der Waals surface area contributed by atoms with Gasteiger partial charge < -0.3 is 14.9 Å². The van der Waals surface area contributed by atoms with Crippen LogP contribution >= 0.6 is 11.8 Å². The van der Waals surface area contributed by atoms with Gasteiger partial charge in [0.2, 0.25) is 0 Å².